The van der Waals surface area contributed by atoms with Crippen molar-refractivity contribution >= 4 is 46.6 Å². The van der Waals surface area contributed by atoms with Crippen molar-refractivity contribution < 1.29 is 0 Å². The van der Waals surface area contributed by atoms with Crippen molar-refractivity contribution in [1.82, 2.24) is 0 Å². The van der Waals surface area contributed by atoms with Crippen LogP contribution in [0.2, 0.25) is 0 Å². The molecule has 0 aliphatic rings. The molecule has 0 aliphatic carbocycles. The van der Waals surface area contributed by atoms with Crippen LogP contribution < -0.4 is 35.5 Å². The van der Waals surface area contributed by atoms with E-state index in [1.54, 1.807) is 0 Å². The van der Waals surface area contributed by atoms with Crippen molar-refractivity contribution in [2.75, 3.05) is 76.0 Å². The van der Waals surface area contributed by atoms with Gasteiger partial charge >= 0.3 is 0 Å². The van der Waals surface area contributed by atoms with Gasteiger partial charge in [0.1, 0.15) is 0 Å². The van der Waals surface area contributed by atoms with Gasteiger partial charge in [-0.1, -0.05) is 36.4 Å². The summed E-state index contributed by atoms with van der Waals surface area (Å²) in [5, 5.41) is 4.20. The number of benzene rings is 3. The highest BCUT2D eigenvalue weighted by atomic mass is 31.1. The fourth-order valence-corrected chi connectivity index (χ4v) is 7.64. The summed E-state index contributed by atoms with van der Waals surface area (Å²) in [6.45, 7) is 6.77. The summed E-state index contributed by atoms with van der Waals surface area (Å²) in [7, 11) is 16.4. The zero-order valence-electron chi connectivity index (χ0n) is 22.9. The molecule has 0 aliphatic heterocycles. The van der Waals surface area contributed by atoms with Gasteiger partial charge in [-0.2, -0.15) is 0 Å². The molecule has 3 aromatic carbocycles. The van der Waals surface area contributed by atoms with E-state index in [9.17, 15) is 0 Å². The normalized spacial score (nSPS) is 11.1. The molecule has 0 amide bonds. The van der Waals surface area contributed by atoms with E-state index in [0.717, 1.165) is 0 Å². The first-order valence-corrected chi connectivity index (χ1v) is 13.1. The molecule has 0 heterocycles. The third kappa shape index (κ3) is 4.74. The Morgan fingerprint density at radius 1 is 0.471 bits per heavy atom. The second-order valence-electron chi connectivity index (χ2n) is 9.85. The monoisotopic (exact) mass is 476 g/mol. The number of aryl methyl sites for hydroxylation is 1. The highest BCUT2D eigenvalue weighted by Crippen LogP contribution is 2.45. The summed E-state index contributed by atoms with van der Waals surface area (Å²) in [5.41, 5.74) is 9.19. The molecule has 0 bridgehead atoms. The molecule has 0 atom stereocenters. The van der Waals surface area contributed by atoms with Crippen LogP contribution in [-0.2, 0) is 0 Å². The van der Waals surface area contributed by atoms with E-state index < -0.39 is 7.92 Å². The molecule has 3 rings (SSSR count). The largest absolute Gasteiger partial charge is 0.376 e. The Labute approximate surface area is 208 Å². The van der Waals surface area contributed by atoms with Gasteiger partial charge in [-0.15, -0.1) is 0 Å². The van der Waals surface area contributed by atoms with E-state index in [2.05, 4.69) is 145 Å². The molecule has 34 heavy (non-hydrogen) atoms. The number of rotatable bonds is 7. The highest BCUT2D eigenvalue weighted by molar-refractivity contribution is 7.80. The van der Waals surface area contributed by atoms with Gasteiger partial charge in [0, 0.05) is 67.0 Å². The minimum Gasteiger partial charge on any atom is -0.376 e. The third-order valence-corrected chi connectivity index (χ3v) is 9.25. The van der Waals surface area contributed by atoms with Crippen LogP contribution in [0.3, 0.4) is 0 Å². The Morgan fingerprint density at radius 3 is 1.29 bits per heavy atom. The molecule has 0 radical (unpaired) electrons. The van der Waals surface area contributed by atoms with E-state index in [0.29, 0.717) is 0 Å². The van der Waals surface area contributed by atoms with Crippen LogP contribution in [0, 0.1) is 20.8 Å². The minimum absolute atomic E-state index is 0.821. The molecule has 4 nitrogen and oxygen atoms in total. The summed E-state index contributed by atoms with van der Waals surface area (Å²) in [6, 6.07) is 18.2. The van der Waals surface area contributed by atoms with Crippen LogP contribution in [-0.4, -0.2) is 56.4 Å². The maximum Gasteiger partial charge on any atom is 0.0683 e. The average molecular weight is 477 g/mol. The maximum absolute atomic E-state index is 2.37. The lowest BCUT2D eigenvalue weighted by molar-refractivity contribution is 1.08. The van der Waals surface area contributed by atoms with Crippen molar-refractivity contribution in [1.29, 1.82) is 0 Å². The molecule has 182 valence electrons. The SMILES string of the molecule is Cc1ccc(P(c2cccc(N(C)C)c2N(C)C)c2cccc(N(C)C)c2N(C)C)c(C)c1C. The smallest absolute Gasteiger partial charge is 0.0683 e. The molecule has 0 aromatic heterocycles. The van der Waals surface area contributed by atoms with Crippen LogP contribution in [0.5, 0.6) is 0 Å². The van der Waals surface area contributed by atoms with E-state index in [-0.39, 0.29) is 0 Å². The Bertz CT molecular complexity index is 1100. The molecule has 0 fully saturated rings. The van der Waals surface area contributed by atoms with Crippen LogP contribution in [0.25, 0.3) is 0 Å². The standard InChI is InChI=1S/C29H41N4P/c1-20-18-19-25(22(3)21(20)2)34(26-16-12-14-23(30(4)5)28(26)32(8)9)27-17-13-15-24(31(6)7)29(27)33(10)11/h12-19H,1-11H3. The summed E-state index contributed by atoms with van der Waals surface area (Å²) in [5.74, 6) is 0. The highest BCUT2D eigenvalue weighted by Gasteiger charge is 2.28. The Morgan fingerprint density at radius 2 is 0.912 bits per heavy atom. The molecular weight excluding hydrogens is 435 g/mol. The van der Waals surface area contributed by atoms with Gasteiger partial charge in [0.15, 0.2) is 0 Å². The van der Waals surface area contributed by atoms with E-state index in [4.69, 9.17) is 0 Å². The van der Waals surface area contributed by atoms with E-state index in [1.165, 1.54) is 55.4 Å². The van der Waals surface area contributed by atoms with Gasteiger partial charge in [-0.05, 0) is 62.8 Å². The predicted octanol–water partition coefficient (Wildman–Crippen LogP) is 4.63. The Hall–Kier alpha value is -2.71. The minimum atomic E-state index is -0.821. The number of anilines is 4. The number of para-hydroxylation sites is 2. The molecule has 0 N–H and O–H groups in total. The average Bonchev–Trinajstić information content (AvgIpc) is 2.78. The second-order valence-corrected chi connectivity index (χ2v) is 12.0. The first kappa shape index (κ1) is 25.9. The molecule has 0 saturated heterocycles. The van der Waals surface area contributed by atoms with Gasteiger partial charge in [0.25, 0.3) is 0 Å². The van der Waals surface area contributed by atoms with Gasteiger partial charge < -0.3 is 19.6 Å². The first-order valence-electron chi connectivity index (χ1n) is 11.8. The van der Waals surface area contributed by atoms with Gasteiger partial charge in [-0.25, -0.2) is 0 Å². The van der Waals surface area contributed by atoms with Crippen molar-refractivity contribution in [3.8, 4) is 0 Å². The van der Waals surface area contributed by atoms with E-state index >= 15 is 0 Å². The third-order valence-electron chi connectivity index (χ3n) is 6.60. The topological polar surface area (TPSA) is 13.0 Å². The number of nitrogens with zero attached hydrogens (tertiary/aromatic N) is 4. The van der Waals surface area contributed by atoms with Crippen LogP contribution in [0.15, 0.2) is 48.5 Å². The summed E-state index contributed by atoms with van der Waals surface area (Å²) in [6.07, 6.45) is 0. The van der Waals surface area contributed by atoms with Crippen molar-refractivity contribution in [3.05, 3.63) is 65.2 Å². The fraction of sp³-hybridized carbons (Fsp3) is 0.379. The fourth-order valence-electron chi connectivity index (χ4n) is 4.61. The van der Waals surface area contributed by atoms with Crippen molar-refractivity contribution in [2.24, 2.45) is 0 Å². The summed E-state index contributed by atoms with van der Waals surface area (Å²) < 4.78 is 0. The lowest BCUT2D eigenvalue weighted by Crippen LogP contribution is -2.32. The first-order chi connectivity index (χ1) is 16.0. The van der Waals surface area contributed by atoms with Crippen LogP contribution >= 0.6 is 7.92 Å². The molecule has 0 unspecified atom stereocenters. The van der Waals surface area contributed by atoms with Gasteiger partial charge in [0.05, 0.1) is 22.7 Å². The van der Waals surface area contributed by atoms with E-state index in [1.807, 2.05) is 0 Å². The predicted molar refractivity (Wildman–Crippen MR) is 157 cm³/mol. The lowest BCUT2D eigenvalue weighted by Gasteiger charge is -2.34. The van der Waals surface area contributed by atoms with Gasteiger partial charge in [0.2, 0.25) is 0 Å². The number of hydrogen-bond donors (Lipinski definition) is 0. The zero-order valence-corrected chi connectivity index (χ0v) is 23.7. The van der Waals surface area contributed by atoms with Crippen molar-refractivity contribution in [3.63, 3.8) is 0 Å². The molecular formula is C29H41N4P. The maximum atomic E-state index is 2.37. The molecule has 3 aromatic rings. The van der Waals surface area contributed by atoms with Crippen LogP contribution in [0.4, 0.5) is 22.7 Å². The number of hydrogen-bond acceptors (Lipinski definition) is 4. The Balaban J connectivity index is 2.50. The van der Waals surface area contributed by atoms with Crippen molar-refractivity contribution in [2.45, 2.75) is 20.8 Å². The molecule has 5 heteroatoms. The zero-order chi connectivity index (χ0) is 25.3. The molecule has 0 saturated carbocycles. The van der Waals surface area contributed by atoms with Gasteiger partial charge in [-0.3, -0.25) is 0 Å². The quantitative estimate of drug-likeness (QED) is 0.461. The molecule has 0 spiro atoms. The van der Waals surface area contributed by atoms with Crippen LogP contribution in [0.1, 0.15) is 16.7 Å². The lowest BCUT2D eigenvalue weighted by atomic mass is 10.1. The summed E-state index contributed by atoms with van der Waals surface area (Å²) >= 11 is 0. The Kier molecular flexibility index (Phi) is 7.83. The second kappa shape index (κ2) is 10.3. The summed E-state index contributed by atoms with van der Waals surface area (Å²) in [4.78, 5) is 9.01.